The fraction of sp³-hybridized carbons (Fsp3) is 0.308. The van der Waals surface area contributed by atoms with E-state index in [-0.39, 0.29) is 0 Å². The average Bonchev–Trinajstić information content (AvgIpc) is 2.92. The van der Waals surface area contributed by atoms with E-state index in [1.54, 1.807) is 6.20 Å². The highest BCUT2D eigenvalue weighted by molar-refractivity contribution is 5.43. The molecule has 1 N–H and O–H groups in total. The molecule has 0 unspecified atom stereocenters. The third kappa shape index (κ3) is 2.46. The molecule has 0 saturated heterocycles. The van der Waals surface area contributed by atoms with Gasteiger partial charge in [-0.25, -0.2) is 4.98 Å². The minimum Gasteiger partial charge on any atom is -0.486 e. The molecule has 0 radical (unpaired) electrons. The average molecular weight is 246 g/mol. The molecule has 1 aromatic heterocycles. The number of hydrogen-bond donors (Lipinski definition) is 1. The fourth-order valence-electron chi connectivity index (χ4n) is 1.86. The molecule has 1 aromatic carbocycles. The van der Waals surface area contributed by atoms with Gasteiger partial charge in [-0.15, -0.1) is 0 Å². The van der Waals surface area contributed by atoms with Crippen LogP contribution < -0.4 is 14.8 Å². The molecule has 0 fully saturated rings. The van der Waals surface area contributed by atoms with Gasteiger partial charge in [0, 0.05) is 6.54 Å². The van der Waals surface area contributed by atoms with E-state index in [1.165, 1.54) is 6.39 Å². The molecule has 5 nitrogen and oxygen atoms in total. The first-order chi connectivity index (χ1) is 8.92. The molecule has 3 rings (SSSR count). The molecule has 5 heteroatoms. The maximum atomic E-state index is 5.54. The highest BCUT2D eigenvalue weighted by atomic mass is 16.6. The lowest BCUT2D eigenvalue weighted by Crippen LogP contribution is -2.16. The van der Waals surface area contributed by atoms with Crippen LogP contribution in [0.5, 0.6) is 11.5 Å². The predicted octanol–water partition coefficient (Wildman–Crippen LogP) is 1.74. The number of fused-ring (bicyclic) bond motifs is 1. The summed E-state index contributed by atoms with van der Waals surface area (Å²) < 4.78 is 16.2. The summed E-state index contributed by atoms with van der Waals surface area (Å²) in [5.41, 5.74) is 1.15. The van der Waals surface area contributed by atoms with Crippen molar-refractivity contribution < 1.29 is 13.9 Å². The van der Waals surface area contributed by atoms with Crippen molar-refractivity contribution in [3.8, 4) is 11.5 Å². The fourth-order valence-corrected chi connectivity index (χ4v) is 1.86. The Hall–Kier alpha value is -2.01. The van der Waals surface area contributed by atoms with E-state index in [2.05, 4.69) is 10.3 Å². The number of rotatable bonds is 4. The molecular weight excluding hydrogens is 232 g/mol. The van der Waals surface area contributed by atoms with E-state index in [9.17, 15) is 0 Å². The van der Waals surface area contributed by atoms with Crippen LogP contribution in [0.3, 0.4) is 0 Å². The zero-order valence-corrected chi connectivity index (χ0v) is 9.89. The van der Waals surface area contributed by atoms with Crippen molar-refractivity contribution in [3.05, 3.63) is 42.1 Å². The van der Waals surface area contributed by atoms with Gasteiger partial charge in [-0.2, -0.15) is 0 Å². The van der Waals surface area contributed by atoms with Crippen LogP contribution >= 0.6 is 0 Å². The third-order valence-corrected chi connectivity index (χ3v) is 2.72. The summed E-state index contributed by atoms with van der Waals surface area (Å²) in [5.74, 6) is 2.47. The molecular formula is C13H14N2O3. The molecule has 94 valence electrons. The Morgan fingerprint density at radius 3 is 2.83 bits per heavy atom. The molecule has 1 aliphatic heterocycles. The van der Waals surface area contributed by atoms with Gasteiger partial charge in [0.15, 0.2) is 17.9 Å². The molecule has 18 heavy (non-hydrogen) atoms. The number of hydrogen-bond acceptors (Lipinski definition) is 5. The molecule has 2 heterocycles. The Labute approximate surface area is 105 Å². The predicted molar refractivity (Wildman–Crippen MR) is 64.5 cm³/mol. The zero-order chi connectivity index (χ0) is 12.2. The van der Waals surface area contributed by atoms with Crippen molar-refractivity contribution in [1.29, 1.82) is 0 Å². The number of ether oxygens (including phenoxy) is 2. The van der Waals surface area contributed by atoms with Gasteiger partial charge in [-0.05, 0) is 17.7 Å². The van der Waals surface area contributed by atoms with Crippen LogP contribution in [0.15, 0.2) is 35.2 Å². The first-order valence-corrected chi connectivity index (χ1v) is 5.88. The van der Waals surface area contributed by atoms with Gasteiger partial charge in [-0.1, -0.05) is 6.07 Å². The van der Waals surface area contributed by atoms with Crippen molar-refractivity contribution in [1.82, 2.24) is 10.3 Å². The highest BCUT2D eigenvalue weighted by Crippen LogP contribution is 2.30. The zero-order valence-electron chi connectivity index (χ0n) is 9.89. The van der Waals surface area contributed by atoms with Crippen LogP contribution in [0, 0.1) is 0 Å². The quantitative estimate of drug-likeness (QED) is 0.890. The number of benzene rings is 1. The third-order valence-electron chi connectivity index (χ3n) is 2.72. The van der Waals surface area contributed by atoms with E-state index in [4.69, 9.17) is 13.9 Å². The molecule has 0 saturated carbocycles. The Kier molecular flexibility index (Phi) is 3.14. The second-order valence-electron chi connectivity index (χ2n) is 4.05. The van der Waals surface area contributed by atoms with Crippen molar-refractivity contribution in [2.75, 3.05) is 13.2 Å². The first kappa shape index (κ1) is 11.1. The monoisotopic (exact) mass is 246 g/mol. The van der Waals surface area contributed by atoms with Crippen molar-refractivity contribution in [3.63, 3.8) is 0 Å². The molecule has 1 aliphatic rings. The number of nitrogens with one attached hydrogen (secondary N) is 1. The summed E-state index contributed by atoms with van der Waals surface area (Å²) in [7, 11) is 0. The van der Waals surface area contributed by atoms with E-state index in [0.717, 1.165) is 29.4 Å². The van der Waals surface area contributed by atoms with Crippen molar-refractivity contribution >= 4 is 0 Å². The Balaban J connectivity index is 1.59. The standard InChI is InChI=1S/C13H14N2O3/c1-2-12-13(17-4-3-16-12)5-10(1)6-14-7-11-8-15-9-18-11/h1-2,5,8-9,14H,3-4,6-7H2. The summed E-state index contributed by atoms with van der Waals surface area (Å²) in [5, 5.41) is 3.28. The van der Waals surface area contributed by atoms with E-state index in [0.29, 0.717) is 19.8 Å². The Bertz CT molecular complexity index is 511. The van der Waals surface area contributed by atoms with Crippen LogP contribution in [0.25, 0.3) is 0 Å². The molecule has 0 amide bonds. The van der Waals surface area contributed by atoms with Crippen LogP contribution in [0.4, 0.5) is 0 Å². The van der Waals surface area contributed by atoms with Crippen LogP contribution in [-0.2, 0) is 13.1 Å². The number of oxazole rings is 1. The van der Waals surface area contributed by atoms with Gasteiger partial charge in [0.1, 0.15) is 19.0 Å². The SMILES string of the molecule is c1ncc(CNCc2ccc3c(c2)OCCO3)o1. The normalized spacial score (nSPS) is 13.6. The molecule has 2 aromatic rings. The smallest absolute Gasteiger partial charge is 0.180 e. The van der Waals surface area contributed by atoms with E-state index in [1.807, 2.05) is 18.2 Å². The lowest BCUT2D eigenvalue weighted by atomic mass is 10.2. The maximum Gasteiger partial charge on any atom is 0.180 e. The Morgan fingerprint density at radius 2 is 2.00 bits per heavy atom. The van der Waals surface area contributed by atoms with Gasteiger partial charge >= 0.3 is 0 Å². The summed E-state index contributed by atoms with van der Waals surface area (Å²) in [4.78, 5) is 3.86. The summed E-state index contributed by atoms with van der Waals surface area (Å²) >= 11 is 0. The van der Waals surface area contributed by atoms with Crippen LogP contribution in [0.2, 0.25) is 0 Å². The summed E-state index contributed by atoms with van der Waals surface area (Å²) in [6.45, 7) is 2.64. The highest BCUT2D eigenvalue weighted by Gasteiger charge is 2.11. The lowest BCUT2D eigenvalue weighted by Gasteiger charge is -2.18. The largest absolute Gasteiger partial charge is 0.486 e. The lowest BCUT2D eigenvalue weighted by molar-refractivity contribution is 0.171. The van der Waals surface area contributed by atoms with E-state index < -0.39 is 0 Å². The van der Waals surface area contributed by atoms with E-state index >= 15 is 0 Å². The van der Waals surface area contributed by atoms with Gasteiger partial charge in [-0.3, -0.25) is 0 Å². The van der Waals surface area contributed by atoms with Gasteiger partial charge in [0.2, 0.25) is 0 Å². The van der Waals surface area contributed by atoms with Crippen LogP contribution in [0.1, 0.15) is 11.3 Å². The second-order valence-corrected chi connectivity index (χ2v) is 4.05. The maximum absolute atomic E-state index is 5.54. The summed E-state index contributed by atoms with van der Waals surface area (Å²) in [6.07, 6.45) is 3.14. The van der Waals surface area contributed by atoms with Gasteiger partial charge in [0.25, 0.3) is 0 Å². The first-order valence-electron chi connectivity index (χ1n) is 5.88. The summed E-state index contributed by atoms with van der Waals surface area (Å²) in [6, 6.07) is 5.97. The van der Waals surface area contributed by atoms with Gasteiger partial charge < -0.3 is 19.2 Å². The van der Waals surface area contributed by atoms with Crippen molar-refractivity contribution in [2.24, 2.45) is 0 Å². The number of aromatic nitrogens is 1. The molecule has 0 bridgehead atoms. The van der Waals surface area contributed by atoms with Crippen molar-refractivity contribution in [2.45, 2.75) is 13.1 Å². The minimum atomic E-state index is 0.613. The van der Waals surface area contributed by atoms with Crippen LogP contribution in [-0.4, -0.2) is 18.2 Å². The molecule has 0 atom stereocenters. The number of nitrogens with zero attached hydrogens (tertiary/aromatic N) is 1. The minimum absolute atomic E-state index is 0.613. The second kappa shape index (κ2) is 5.10. The molecule has 0 spiro atoms. The topological polar surface area (TPSA) is 56.5 Å². The van der Waals surface area contributed by atoms with Gasteiger partial charge in [0.05, 0.1) is 12.7 Å². The Morgan fingerprint density at radius 1 is 1.11 bits per heavy atom. The molecule has 0 aliphatic carbocycles.